The van der Waals surface area contributed by atoms with Gasteiger partial charge in [-0.25, -0.2) is 9.97 Å². The maximum Gasteiger partial charge on any atom is 0.147 e. The molecule has 1 rings (SSSR count). The first-order valence-corrected chi connectivity index (χ1v) is 5.21. The summed E-state index contributed by atoms with van der Waals surface area (Å²) in [6.45, 7) is 5.53. The van der Waals surface area contributed by atoms with Crippen molar-refractivity contribution in [2.45, 2.75) is 38.8 Å². The van der Waals surface area contributed by atoms with E-state index in [1.54, 1.807) is 20.0 Å². The molecule has 0 bridgehead atoms. The van der Waals surface area contributed by atoms with Gasteiger partial charge in [-0.3, -0.25) is 0 Å². The standard InChI is InChI=1S/C10H16ClN3O/c1-7(4-10(2,3)15)14-9-6-12-8(11)5-13-9/h5-7,15H,4H2,1-3H3,(H,13,14). The number of nitrogens with zero attached hydrogens (tertiary/aromatic N) is 2. The maximum atomic E-state index is 9.61. The fraction of sp³-hybridized carbons (Fsp3) is 0.600. The molecular weight excluding hydrogens is 214 g/mol. The number of hydrogen-bond acceptors (Lipinski definition) is 4. The smallest absolute Gasteiger partial charge is 0.147 e. The highest BCUT2D eigenvalue weighted by atomic mass is 35.5. The van der Waals surface area contributed by atoms with Crippen LogP contribution in [0.2, 0.25) is 5.15 Å². The van der Waals surface area contributed by atoms with Crippen molar-refractivity contribution in [1.29, 1.82) is 0 Å². The highest BCUT2D eigenvalue weighted by Gasteiger charge is 2.17. The third kappa shape index (κ3) is 4.95. The Labute approximate surface area is 94.7 Å². The number of halogens is 1. The van der Waals surface area contributed by atoms with Gasteiger partial charge in [0.1, 0.15) is 11.0 Å². The van der Waals surface area contributed by atoms with Crippen LogP contribution in [0, 0.1) is 0 Å². The lowest BCUT2D eigenvalue weighted by Gasteiger charge is -2.23. The summed E-state index contributed by atoms with van der Waals surface area (Å²) in [5, 5.41) is 13.1. The SMILES string of the molecule is CC(CC(C)(C)O)Nc1cnc(Cl)cn1. The van der Waals surface area contributed by atoms with E-state index in [1.807, 2.05) is 6.92 Å². The highest BCUT2D eigenvalue weighted by molar-refractivity contribution is 6.29. The van der Waals surface area contributed by atoms with Crippen LogP contribution in [-0.2, 0) is 0 Å². The van der Waals surface area contributed by atoms with Gasteiger partial charge in [0.05, 0.1) is 18.0 Å². The predicted octanol–water partition coefficient (Wildman–Crippen LogP) is 2.09. The summed E-state index contributed by atoms with van der Waals surface area (Å²) in [4.78, 5) is 7.97. The van der Waals surface area contributed by atoms with Crippen molar-refractivity contribution >= 4 is 17.4 Å². The Kier molecular flexibility index (Phi) is 3.88. The van der Waals surface area contributed by atoms with Crippen LogP contribution in [0.3, 0.4) is 0 Å². The van der Waals surface area contributed by atoms with Crippen molar-refractivity contribution in [1.82, 2.24) is 9.97 Å². The number of anilines is 1. The summed E-state index contributed by atoms with van der Waals surface area (Å²) in [5.41, 5.74) is -0.688. The minimum atomic E-state index is -0.688. The zero-order valence-corrected chi connectivity index (χ0v) is 9.91. The van der Waals surface area contributed by atoms with Crippen molar-refractivity contribution in [3.8, 4) is 0 Å². The van der Waals surface area contributed by atoms with Crippen LogP contribution in [0.5, 0.6) is 0 Å². The molecule has 0 radical (unpaired) electrons. The number of hydrogen-bond donors (Lipinski definition) is 2. The maximum absolute atomic E-state index is 9.61. The molecule has 1 heterocycles. The second-order valence-corrected chi connectivity index (χ2v) is 4.67. The van der Waals surface area contributed by atoms with Gasteiger partial charge in [-0.2, -0.15) is 0 Å². The molecule has 4 nitrogen and oxygen atoms in total. The molecule has 84 valence electrons. The molecule has 1 unspecified atom stereocenters. The lowest BCUT2D eigenvalue weighted by molar-refractivity contribution is 0.0672. The summed E-state index contributed by atoms with van der Waals surface area (Å²) in [6.07, 6.45) is 3.70. The number of rotatable bonds is 4. The Morgan fingerprint density at radius 1 is 1.47 bits per heavy atom. The van der Waals surface area contributed by atoms with E-state index in [0.29, 0.717) is 17.4 Å². The van der Waals surface area contributed by atoms with Gasteiger partial charge in [0.2, 0.25) is 0 Å². The van der Waals surface area contributed by atoms with Gasteiger partial charge in [-0.1, -0.05) is 11.6 Å². The minimum Gasteiger partial charge on any atom is -0.390 e. The van der Waals surface area contributed by atoms with Crippen molar-refractivity contribution in [2.75, 3.05) is 5.32 Å². The van der Waals surface area contributed by atoms with E-state index < -0.39 is 5.60 Å². The van der Waals surface area contributed by atoms with Crippen LogP contribution in [0.1, 0.15) is 27.2 Å². The third-order valence-electron chi connectivity index (χ3n) is 1.82. The fourth-order valence-electron chi connectivity index (χ4n) is 1.44. The van der Waals surface area contributed by atoms with E-state index in [2.05, 4.69) is 15.3 Å². The molecule has 1 aromatic rings. The lowest BCUT2D eigenvalue weighted by atomic mass is 10.0. The van der Waals surface area contributed by atoms with Crippen LogP contribution in [0.25, 0.3) is 0 Å². The topological polar surface area (TPSA) is 58.0 Å². The zero-order valence-electron chi connectivity index (χ0n) is 9.16. The molecule has 1 atom stereocenters. The summed E-state index contributed by atoms with van der Waals surface area (Å²) in [6, 6.07) is 0.125. The molecule has 0 aliphatic heterocycles. The molecular formula is C10H16ClN3O. The van der Waals surface area contributed by atoms with E-state index in [-0.39, 0.29) is 6.04 Å². The molecule has 2 N–H and O–H groups in total. The van der Waals surface area contributed by atoms with Crippen molar-refractivity contribution in [3.05, 3.63) is 17.5 Å². The second-order valence-electron chi connectivity index (χ2n) is 4.29. The van der Waals surface area contributed by atoms with Gasteiger partial charge < -0.3 is 10.4 Å². The molecule has 0 spiro atoms. The van der Waals surface area contributed by atoms with Crippen molar-refractivity contribution in [3.63, 3.8) is 0 Å². The molecule has 0 amide bonds. The van der Waals surface area contributed by atoms with Gasteiger partial charge in [0, 0.05) is 6.04 Å². The van der Waals surface area contributed by atoms with E-state index in [0.717, 1.165) is 0 Å². The first kappa shape index (κ1) is 12.2. The Bertz CT molecular complexity index is 307. The average molecular weight is 230 g/mol. The van der Waals surface area contributed by atoms with E-state index in [9.17, 15) is 5.11 Å². The Morgan fingerprint density at radius 3 is 2.60 bits per heavy atom. The molecule has 0 saturated heterocycles. The van der Waals surface area contributed by atoms with Gasteiger partial charge >= 0.3 is 0 Å². The molecule has 0 fully saturated rings. The van der Waals surface area contributed by atoms with Crippen molar-refractivity contribution < 1.29 is 5.11 Å². The summed E-state index contributed by atoms with van der Waals surface area (Å²) in [5.74, 6) is 0.663. The first-order chi connectivity index (χ1) is 6.87. The predicted molar refractivity (Wildman–Crippen MR) is 61.0 cm³/mol. The van der Waals surface area contributed by atoms with Crippen LogP contribution in [0.4, 0.5) is 5.82 Å². The number of aliphatic hydroxyl groups is 1. The second kappa shape index (κ2) is 4.77. The minimum absolute atomic E-state index is 0.125. The highest BCUT2D eigenvalue weighted by Crippen LogP contribution is 2.14. The van der Waals surface area contributed by atoms with Crippen LogP contribution < -0.4 is 5.32 Å². The average Bonchev–Trinajstić information content (AvgIpc) is 2.05. The van der Waals surface area contributed by atoms with Crippen molar-refractivity contribution in [2.24, 2.45) is 0 Å². The normalized spacial score (nSPS) is 13.7. The van der Waals surface area contributed by atoms with Gasteiger partial charge in [-0.05, 0) is 27.2 Å². The molecule has 0 aliphatic carbocycles. The van der Waals surface area contributed by atoms with Crippen LogP contribution >= 0.6 is 11.6 Å². The summed E-state index contributed by atoms with van der Waals surface area (Å²) < 4.78 is 0. The monoisotopic (exact) mass is 229 g/mol. The Morgan fingerprint density at radius 2 is 2.13 bits per heavy atom. The zero-order chi connectivity index (χ0) is 11.5. The van der Waals surface area contributed by atoms with Gasteiger partial charge in [0.25, 0.3) is 0 Å². The lowest BCUT2D eigenvalue weighted by Crippen LogP contribution is -2.29. The summed E-state index contributed by atoms with van der Waals surface area (Å²) >= 11 is 5.61. The molecule has 1 aromatic heterocycles. The number of aromatic nitrogens is 2. The largest absolute Gasteiger partial charge is 0.390 e. The molecule has 0 aromatic carbocycles. The molecule has 15 heavy (non-hydrogen) atoms. The number of nitrogens with one attached hydrogen (secondary N) is 1. The van der Waals surface area contributed by atoms with Crippen LogP contribution in [0.15, 0.2) is 12.4 Å². The van der Waals surface area contributed by atoms with E-state index >= 15 is 0 Å². The third-order valence-corrected chi connectivity index (χ3v) is 2.02. The van der Waals surface area contributed by atoms with E-state index in [1.165, 1.54) is 6.20 Å². The fourth-order valence-corrected chi connectivity index (χ4v) is 1.54. The van der Waals surface area contributed by atoms with E-state index in [4.69, 9.17) is 11.6 Å². The van der Waals surface area contributed by atoms with Gasteiger partial charge in [-0.15, -0.1) is 0 Å². The molecule has 5 heteroatoms. The van der Waals surface area contributed by atoms with Crippen LogP contribution in [-0.4, -0.2) is 26.7 Å². The quantitative estimate of drug-likeness (QED) is 0.830. The van der Waals surface area contributed by atoms with Gasteiger partial charge in [0.15, 0.2) is 0 Å². The molecule has 0 saturated carbocycles. The molecule has 0 aliphatic rings. The Hall–Kier alpha value is -0.870. The summed E-state index contributed by atoms with van der Waals surface area (Å²) in [7, 11) is 0. The Balaban J connectivity index is 2.51. The first-order valence-electron chi connectivity index (χ1n) is 4.83.